The molecule has 2 aromatic rings. The number of nitrogens with one attached hydrogen (secondary N) is 2. The number of amides is 1. The van der Waals surface area contributed by atoms with Crippen molar-refractivity contribution >= 4 is 11.6 Å². The second-order valence-corrected chi connectivity index (χ2v) is 10.7. The van der Waals surface area contributed by atoms with Gasteiger partial charge in [-0.15, -0.1) is 0 Å². The van der Waals surface area contributed by atoms with Gasteiger partial charge in [0.15, 0.2) is 0 Å². The Morgan fingerprint density at radius 3 is 2.50 bits per heavy atom. The summed E-state index contributed by atoms with van der Waals surface area (Å²) in [5, 5.41) is 6.43. The molecule has 0 spiro atoms. The predicted molar refractivity (Wildman–Crippen MR) is 155 cm³/mol. The molecule has 2 aliphatic rings. The van der Waals surface area contributed by atoms with E-state index in [9.17, 15) is 4.79 Å². The fourth-order valence-corrected chi connectivity index (χ4v) is 5.26. The first-order valence-corrected chi connectivity index (χ1v) is 13.3. The largest absolute Gasteiger partial charge is 0.381 e. The third-order valence-electron chi connectivity index (χ3n) is 7.43. The number of pyridine rings is 1. The first-order valence-electron chi connectivity index (χ1n) is 13.3. The van der Waals surface area contributed by atoms with Gasteiger partial charge in [-0.3, -0.25) is 9.78 Å². The van der Waals surface area contributed by atoms with Crippen LogP contribution >= 0.6 is 0 Å². The Morgan fingerprint density at radius 2 is 1.87 bits per heavy atom. The molecule has 7 nitrogen and oxygen atoms in total. The van der Waals surface area contributed by atoms with E-state index < -0.39 is 0 Å². The lowest BCUT2D eigenvalue weighted by Gasteiger charge is -2.34. The van der Waals surface area contributed by atoms with Crippen LogP contribution in [0.2, 0.25) is 0 Å². The number of dihydropyridines is 1. The van der Waals surface area contributed by atoms with Crippen molar-refractivity contribution < 1.29 is 9.53 Å². The van der Waals surface area contributed by atoms with E-state index in [1.54, 1.807) is 0 Å². The molecule has 2 aliphatic heterocycles. The number of aromatic nitrogens is 1. The maximum atomic E-state index is 13.6. The third-order valence-corrected chi connectivity index (χ3v) is 7.43. The highest BCUT2D eigenvalue weighted by atomic mass is 16.5. The van der Waals surface area contributed by atoms with Crippen molar-refractivity contribution in [2.45, 2.75) is 46.2 Å². The summed E-state index contributed by atoms with van der Waals surface area (Å²) in [6.07, 6.45) is 5.93. The highest BCUT2D eigenvalue weighted by Gasteiger charge is 2.24. The maximum absolute atomic E-state index is 13.6. The summed E-state index contributed by atoms with van der Waals surface area (Å²) in [6, 6.07) is 8.71. The van der Waals surface area contributed by atoms with Gasteiger partial charge in [0.05, 0.1) is 5.69 Å². The minimum Gasteiger partial charge on any atom is -0.381 e. The van der Waals surface area contributed by atoms with Crippen LogP contribution < -0.4 is 15.5 Å². The van der Waals surface area contributed by atoms with Crippen LogP contribution in [0.25, 0.3) is 11.1 Å². The van der Waals surface area contributed by atoms with E-state index in [-0.39, 0.29) is 5.91 Å². The molecule has 1 aromatic carbocycles. The summed E-state index contributed by atoms with van der Waals surface area (Å²) in [4.78, 5) is 22.7. The zero-order chi connectivity index (χ0) is 27.4. The van der Waals surface area contributed by atoms with Crippen LogP contribution in [0, 0.1) is 6.92 Å². The zero-order valence-electron chi connectivity index (χ0n) is 23.6. The SMILES string of the molecule is C=C1NC(C)=CC(C)=C1CNC(=O)c1cc(-c2ccc(CN(C)C)nc2)cc(N(C)C2CCOCC2)c1C. The number of carbonyl (C=O) groups is 1. The summed E-state index contributed by atoms with van der Waals surface area (Å²) >= 11 is 0. The van der Waals surface area contributed by atoms with E-state index >= 15 is 0 Å². The molecule has 1 amide bonds. The van der Waals surface area contributed by atoms with Crippen molar-refractivity contribution in [2.24, 2.45) is 0 Å². The molecule has 7 heteroatoms. The second-order valence-electron chi connectivity index (χ2n) is 10.7. The molecule has 0 unspecified atom stereocenters. The van der Waals surface area contributed by atoms with Crippen LogP contribution in [0.4, 0.5) is 5.69 Å². The van der Waals surface area contributed by atoms with Gasteiger partial charge >= 0.3 is 0 Å². The zero-order valence-corrected chi connectivity index (χ0v) is 23.6. The summed E-state index contributed by atoms with van der Waals surface area (Å²) in [5.74, 6) is -0.0949. The van der Waals surface area contributed by atoms with E-state index in [4.69, 9.17) is 4.74 Å². The molecule has 1 fully saturated rings. The van der Waals surface area contributed by atoms with Crippen molar-refractivity contribution in [3.05, 3.63) is 82.5 Å². The Hall–Kier alpha value is -3.42. The number of hydrogen-bond acceptors (Lipinski definition) is 6. The van der Waals surface area contributed by atoms with Crippen molar-refractivity contribution in [3.63, 3.8) is 0 Å². The van der Waals surface area contributed by atoms with E-state index in [2.05, 4.69) is 70.2 Å². The van der Waals surface area contributed by atoms with Crippen LogP contribution in [-0.4, -0.2) is 62.7 Å². The summed E-state index contributed by atoms with van der Waals surface area (Å²) < 4.78 is 5.60. The Labute approximate surface area is 227 Å². The molecule has 3 heterocycles. The number of carbonyl (C=O) groups excluding carboxylic acids is 1. The lowest BCUT2D eigenvalue weighted by atomic mass is 9.95. The molecular formula is C31H41N5O2. The first kappa shape index (κ1) is 27.6. The lowest BCUT2D eigenvalue weighted by Crippen LogP contribution is -2.37. The van der Waals surface area contributed by atoms with Crippen molar-refractivity contribution in [1.29, 1.82) is 0 Å². The Balaban J connectivity index is 1.68. The Morgan fingerprint density at radius 1 is 1.13 bits per heavy atom. The predicted octanol–water partition coefficient (Wildman–Crippen LogP) is 4.80. The Bertz CT molecular complexity index is 1250. The van der Waals surface area contributed by atoms with Crippen LogP contribution in [-0.2, 0) is 11.3 Å². The van der Waals surface area contributed by atoms with Crippen molar-refractivity contribution in [2.75, 3.05) is 45.8 Å². The first-order chi connectivity index (χ1) is 18.1. The molecule has 1 saturated heterocycles. The fraction of sp³-hybridized carbons (Fsp3) is 0.419. The quantitative estimate of drug-likeness (QED) is 0.526. The summed E-state index contributed by atoms with van der Waals surface area (Å²) in [7, 11) is 6.20. The van der Waals surface area contributed by atoms with Crippen LogP contribution in [0.1, 0.15) is 48.3 Å². The molecule has 1 aromatic heterocycles. The van der Waals surface area contributed by atoms with Crippen LogP contribution in [0.5, 0.6) is 0 Å². The molecule has 0 aliphatic carbocycles. The number of nitrogens with zero attached hydrogens (tertiary/aromatic N) is 3. The van der Waals surface area contributed by atoms with Gasteiger partial charge in [-0.2, -0.15) is 0 Å². The molecule has 4 rings (SSSR count). The highest BCUT2D eigenvalue weighted by Crippen LogP contribution is 2.33. The topological polar surface area (TPSA) is 69.7 Å². The normalized spacial score (nSPS) is 16.4. The number of hydrogen-bond donors (Lipinski definition) is 2. The molecule has 0 bridgehead atoms. The van der Waals surface area contributed by atoms with E-state index in [0.29, 0.717) is 18.2 Å². The van der Waals surface area contributed by atoms with Crippen molar-refractivity contribution in [3.8, 4) is 11.1 Å². The smallest absolute Gasteiger partial charge is 0.251 e. The summed E-state index contributed by atoms with van der Waals surface area (Å²) in [6.45, 7) is 13.0. The van der Waals surface area contributed by atoms with Gasteiger partial charge in [0, 0.05) is 73.8 Å². The average Bonchev–Trinajstić information content (AvgIpc) is 2.88. The molecule has 0 radical (unpaired) electrons. The molecule has 0 atom stereocenters. The van der Waals surface area contributed by atoms with E-state index in [0.717, 1.165) is 83.2 Å². The second kappa shape index (κ2) is 12.0. The standard InChI is InChI=1S/C31H41N5O2/c1-20-14-21(2)34-23(4)29(20)18-33-31(37)28-15-25(24-8-9-26(32-17-24)19-35(5)6)16-30(22(28)3)36(7)27-10-12-38-13-11-27/h8-9,14-17,27,34H,4,10-13,18-19H2,1-3,5-7H3,(H,33,37). The minimum atomic E-state index is -0.0949. The average molecular weight is 516 g/mol. The van der Waals surface area contributed by atoms with Crippen molar-refractivity contribution in [1.82, 2.24) is 20.5 Å². The maximum Gasteiger partial charge on any atom is 0.251 e. The number of ether oxygens (including phenoxy) is 1. The monoisotopic (exact) mass is 515 g/mol. The summed E-state index contributed by atoms with van der Waals surface area (Å²) in [5.41, 5.74) is 9.70. The molecule has 38 heavy (non-hydrogen) atoms. The minimum absolute atomic E-state index is 0.0949. The van der Waals surface area contributed by atoms with Gasteiger partial charge in [-0.05, 0) is 94.3 Å². The number of anilines is 1. The van der Waals surface area contributed by atoms with Gasteiger partial charge in [-0.1, -0.05) is 12.6 Å². The molecule has 0 saturated carbocycles. The van der Waals surface area contributed by atoms with Gasteiger partial charge in [0.1, 0.15) is 0 Å². The lowest BCUT2D eigenvalue weighted by molar-refractivity contribution is 0.0854. The number of allylic oxidation sites excluding steroid dienone is 3. The van der Waals surface area contributed by atoms with Crippen LogP contribution in [0.15, 0.2) is 65.7 Å². The Kier molecular flexibility index (Phi) is 8.69. The fourth-order valence-electron chi connectivity index (χ4n) is 5.26. The van der Waals surface area contributed by atoms with E-state index in [1.807, 2.05) is 40.2 Å². The number of rotatable bonds is 8. The third kappa shape index (κ3) is 6.34. The van der Waals surface area contributed by atoms with E-state index in [1.165, 1.54) is 0 Å². The molecule has 2 N–H and O–H groups in total. The molecular weight excluding hydrogens is 474 g/mol. The van der Waals surface area contributed by atoms with Gasteiger partial charge in [0.2, 0.25) is 0 Å². The molecule has 202 valence electrons. The highest BCUT2D eigenvalue weighted by molar-refractivity contribution is 5.99. The van der Waals surface area contributed by atoms with Gasteiger partial charge in [0.25, 0.3) is 5.91 Å². The van der Waals surface area contributed by atoms with Gasteiger partial charge < -0.3 is 25.2 Å². The number of benzene rings is 1. The van der Waals surface area contributed by atoms with Crippen LogP contribution in [0.3, 0.4) is 0 Å². The van der Waals surface area contributed by atoms with Gasteiger partial charge in [-0.25, -0.2) is 0 Å².